The predicted molar refractivity (Wildman–Crippen MR) is 80.4 cm³/mol. The highest BCUT2D eigenvalue weighted by Crippen LogP contribution is 2.15. The Hall–Kier alpha value is -1.75. The Morgan fingerprint density at radius 2 is 2.10 bits per heavy atom. The van der Waals surface area contributed by atoms with E-state index in [9.17, 15) is 9.18 Å². The van der Waals surface area contributed by atoms with Crippen LogP contribution in [0.15, 0.2) is 42.6 Å². The number of hydrogen-bond donors (Lipinski definition) is 1. The zero-order chi connectivity index (χ0) is 14.5. The molecule has 0 radical (unpaired) electrons. The highest BCUT2D eigenvalue weighted by Gasteiger charge is 2.17. The average Bonchev–Trinajstić information content (AvgIpc) is 2.44. The standard InChI is InChI=1S/C15H14BrFN2O/c1-10-6-7-14(18-9-10)19-15(20)12(16)8-11-4-2-3-5-13(11)17/h2-7,9,12H,8H2,1H3,(H,18,19,20). The van der Waals surface area contributed by atoms with E-state index in [2.05, 4.69) is 26.2 Å². The van der Waals surface area contributed by atoms with Crippen molar-refractivity contribution in [3.05, 3.63) is 59.5 Å². The summed E-state index contributed by atoms with van der Waals surface area (Å²) in [7, 11) is 0. The minimum Gasteiger partial charge on any atom is -0.310 e. The molecule has 20 heavy (non-hydrogen) atoms. The number of aromatic nitrogens is 1. The third kappa shape index (κ3) is 3.87. The van der Waals surface area contributed by atoms with Gasteiger partial charge in [-0.25, -0.2) is 9.37 Å². The molecule has 104 valence electrons. The predicted octanol–water partition coefficient (Wildman–Crippen LogP) is 3.47. The Morgan fingerprint density at radius 3 is 2.75 bits per heavy atom. The van der Waals surface area contributed by atoms with Gasteiger partial charge in [-0.15, -0.1) is 0 Å². The van der Waals surface area contributed by atoms with Crippen LogP contribution in [0, 0.1) is 12.7 Å². The van der Waals surface area contributed by atoms with Crippen molar-refractivity contribution in [2.75, 3.05) is 5.32 Å². The Labute approximate surface area is 125 Å². The molecule has 3 nitrogen and oxygen atoms in total. The number of aryl methyl sites for hydroxylation is 1. The Bertz CT molecular complexity index is 601. The minimum atomic E-state index is -0.512. The lowest BCUT2D eigenvalue weighted by Gasteiger charge is -2.11. The molecule has 0 saturated heterocycles. The summed E-state index contributed by atoms with van der Waals surface area (Å²) in [5.74, 6) is -0.0681. The van der Waals surface area contributed by atoms with Crippen molar-refractivity contribution in [2.45, 2.75) is 18.2 Å². The molecule has 1 aromatic heterocycles. The van der Waals surface area contributed by atoms with E-state index in [-0.39, 0.29) is 18.1 Å². The van der Waals surface area contributed by atoms with Gasteiger partial charge in [0.15, 0.2) is 0 Å². The Kier molecular flexibility index (Phi) is 4.84. The summed E-state index contributed by atoms with van der Waals surface area (Å²) in [5, 5.41) is 2.69. The van der Waals surface area contributed by atoms with Gasteiger partial charge in [-0.3, -0.25) is 4.79 Å². The summed E-state index contributed by atoms with van der Waals surface area (Å²) >= 11 is 3.28. The third-order valence-electron chi connectivity index (χ3n) is 2.80. The number of amides is 1. The van der Waals surface area contributed by atoms with Gasteiger partial charge in [0.25, 0.3) is 0 Å². The van der Waals surface area contributed by atoms with Crippen LogP contribution in [0.2, 0.25) is 0 Å². The van der Waals surface area contributed by atoms with Crippen molar-refractivity contribution < 1.29 is 9.18 Å². The number of nitrogens with zero attached hydrogens (tertiary/aromatic N) is 1. The molecule has 1 N–H and O–H groups in total. The molecule has 0 bridgehead atoms. The number of alkyl halides is 1. The summed E-state index contributed by atoms with van der Waals surface area (Å²) in [6.45, 7) is 1.92. The van der Waals surface area contributed by atoms with Crippen LogP contribution < -0.4 is 5.32 Å². The quantitative estimate of drug-likeness (QED) is 0.868. The molecule has 1 amide bonds. The first-order valence-corrected chi connectivity index (χ1v) is 7.09. The largest absolute Gasteiger partial charge is 0.310 e. The van der Waals surface area contributed by atoms with Crippen molar-refractivity contribution in [2.24, 2.45) is 0 Å². The first-order chi connectivity index (χ1) is 9.56. The summed E-state index contributed by atoms with van der Waals surface area (Å²) in [4.78, 5) is 15.6. The van der Waals surface area contributed by atoms with Gasteiger partial charge in [0.1, 0.15) is 11.6 Å². The van der Waals surface area contributed by atoms with E-state index in [4.69, 9.17) is 0 Å². The van der Waals surface area contributed by atoms with E-state index < -0.39 is 4.83 Å². The normalized spacial score (nSPS) is 11.9. The lowest BCUT2D eigenvalue weighted by atomic mass is 10.1. The van der Waals surface area contributed by atoms with Crippen molar-refractivity contribution in [1.29, 1.82) is 0 Å². The smallest absolute Gasteiger partial charge is 0.239 e. The highest BCUT2D eigenvalue weighted by molar-refractivity contribution is 9.10. The van der Waals surface area contributed by atoms with Crippen LogP contribution in [-0.4, -0.2) is 15.7 Å². The average molecular weight is 337 g/mol. The van der Waals surface area contributed by atoms with Gasteiger partial charge in [-0.05, 0) is 36.6 Å². The molecule has 1 aromatic carbocycles. The highest BCUT2D eigenvalue weighted by atomic mass is 79.9. The van der Waals surface area contributed by atoms with Gasteiger partial charge >= 0.3 is 0 Å². The van der Waals surface area contributed by atoms with E-state index in [1.54, 1.807) is 30.5 Å². The monoisotopic (exact) mass is 336 g/mol. The fraction of sp³-hybridized carbons (Fsp3) is 0.200. The number of pyridine rings is 1. The second kappa shape index (κ2) is 6.61. The summed E-state index contributed by atoms with van der Waals surface area (Å²) in [5.41, 5.74) is 1.52. The molecule has 0 aliphatic rings. The fourth-order valence-corrected chi connectivity index (χ4v) is 2.16. The van der Waals surface area contributed by atoms with Gasteiger partial charge in [-0.1, -0.05) is 40.2 Å². The molecule has 0 fully saturated rings. The van der Waals surface area contributed by atoms with Gasteiger partial charge < -0.3 is 5.32 Å². The molecule has 0 saturated carbocycles. The minimum absolute atomic E-state index is 0.246. The molecule has 0 aliphatic carbocycles. The molecule has 1 unspecified atom stereocenters. The lowest BCUT2D eigenvalue weighted by Crippen LogP contribution is -2.25. The van der Waals surface area contributed by atoms with Crippen molar-refractivity contribution in [3.8, 4) is 0 Å². The Balaban J connectivity index is 1.99. The van der Waals surface area contributed by atoms with E-state index in [0.29, 0.717) is 11.4 Å². The molecule has 1 heterocycles. The maximum Gasteiger partial charge on any atom is 0.239 e. The molecular weight excluding hydrogens is 323 g/mol. The number of halogens is 2. The summed E-state index contributed by atoms with van der Waals surface area (Å²) < 4.78 is 13.5. The van der Waals surface area contributed by atoms with Crippen LogP contribution in [-0.2, 0) is 11.2 Å². The summed E-state index contributed by atoms with van der Waals surface area (Å²) in [6.07, 6.45) is 1.96. The van der Waals surface area contributed by atoms with Gasteiger partial charge in [-0.2, -0.15) is 0 Å². The number of anilines is 1. The maximum absolute atomic E-state index is 13.5. The molecule has 5 heteroatoms. The van der Waals surface area contributed by atoms with Gasteiger partial charge in [0.05, 0.1) is 4.83 Å². The molecule has 2 aromatic rings. The van der Waals surface area contributed by atoms with E-state index in [0.717, 1.165) is 5.56 Å². The van der Waals surface area contributed by atoms with Crippen LogP contribution in [0.1, 0.15) is 11.1 Å². The van der Waals surface area contributed by atoms with Crippen LogP contribution in [0.25, 0.3) is 0 Å². The number of rotatable bonds is 4. The fourth-order valence-electron chi connectivity index (χ4n) is 1.70. The molecule has 0 spiro atoms. The third-order valence-corrected chi connectivity index (χ3v) is 3.54. The van der Waals surface area contributed by atoms with Crippen molar-refractivity contribution in [3.63, 3.8) is 0 Å². The number of carbonyl (C=O) groups excluding carboxylic acids is 1. The topological polar surface area (TPSA) is 42.0 Å². The van der Waals surface area contributed by atoms with E-state index in [1.165, 1.54) is 6.07 Å². The van der Waals surface area contributed by atoms with Crippen molar-refractivity contribution >= 4 is 27.7 Å². The van der Waals surface area contributed by atoms with Crippen LogP contribution in [0.4, 0.5) is 10.2 Å². The zero-order valence-electron chi connectivity index (χ0n) is 10.9. The number of hydrogen-bond acceptors (Lipinski definition) is 2. The first kappa shape index (κ1) is 14.7. The van der Waals surface area contributed by atoms with Crippen LogP contribution in [0.5, 0.6) is 0 Å². The van der Waals surface area contributed by atoms with Crippen molar-refractivity contribution in [1.82, 2.24) is 4.98 Å². The SMILES string of the molecule is Cc1ccc(NC(=O)C(Br)Cc2ccccc2F)nc1. The molecule has 2 rings (SSSR count). The van der Waals surface area contributed by atoms with E-state index in [1.807, 2.05) is 13.0 Å². The zero-order valence-corrected chi connectivity index (χ0v) is 12.5. The Morgan fingerprint density at radius 1 is 1.35 bits per heavy atom. The number of nitrogens with one attached hydrogen (secondary N) is 1. The van der Waals surface area contributed by atoms with Gasteiger partial charge in [0, 0.05) is 6.20 Å². The van der Waals surface area contributed by atoms with Crippen LogP contribution in [0.3, 0.4) is 0 Å². The first-order valence-electron chi connectivity index (χ1n) is 6.17. The summed E-state index contributed by atoms with van der Waals surface area (Å²) in [6, 6.07) is 10.0. The van der Waals surface area contributed by atoms with Gasteiger partial charge in [0.2, 0.25) is 5.91 Å². The lowest BCUT2D eigenvalue weighted by molar-refractivity contribution is -0.115. The number of carbonyl (C=O) groups is 1. The second-order valence-corrected chi connectivity index (χ2v) is 5.58. The molecular formula is C15H14BrFN2O. The van der Waals surface area contributed by atoms with E-state index >= 15 is 0 Å². The molecule has 1 atom stereocenters. The second-order valence-electron chi connectivity index (χ2n) is 4.47. The van der Waals surface area contributed by atoms with Crippen LogP contribution >= 0.6 is 15.9 Å². The molecule has 0 aliphatic heterocycles. The maximum atomic E-state index is 13.5. The number of benzene rings is 1.